The SMILES string of the molecule is Cc1cc(C(=O)Nc2ccc(F)c(CN)c2)co1. The Hall–Kier alpha value is -2.14. The van der Waals surface area contributed by atoms with Crippen LogP contribution in [0.3, 0.4) is 0 Å². The third-order valence-corrected chi connectivity index (χ3v) is 2.52. The van der Waals surface area contributed by atoms with Crippen LogP contribution in [0.15, 0.2) is 34.9 Å². The highest BCUT2D eigenvalue weighted by Crippen LogP contribution is 2.16. The van der Waals surface area contributed by atoms with Gasteiger partial charge in [0.05, 0.1) is 5.56 Å². The summed E-state index contributed by atoms with van der Waals surface area (Å²) >= 11 is 0. The van der Waals surface area contributed by atoms with Crippen molar-refractivity contribution in [1.82, 2.24) is 0 Å². The molecule has 1 heterocycles. The smallest absolute Gasteiger partial charge is 0.258 e. The molecule has 0 atom stereocenters. The number of furan rings is 1. The number of carbonyl (C=O) groups is 1. The Balaban J connectivity index is 2.16. The summed E-state index contributed by atoms with van der Waals surface area (Å²) in [5.74, 6) is -0.0296. The van der Waals surface area contributed by atoms with E-state index in [-0.39, 0.29) is 18.3 Å². The zero-order valence-electron chi connectivity index (χ0n) is 9.87. The predicted molar refractivity (Wildman–Crippen MR) is 65.7 cm³/mol. The van der Waals surface area contributed by atoms with E-state index < -0.39 is 0 Å². The Morgan fingerprint density at radius 3 is 2.83 bits per heavy atom. The molecular weight excluding hydrogens is 235 g/mol. The fourth-order valence-electron chi connectivity index (χ4n) is 1.57. The first kappa shape index (κ1) is 12.3. The molecular formula is C13H13FN2O2. The molecule has 5 heteroatoms. The number of hydrogen-bond acceptors (Lipinski definition) is 3. The maximum absolute atomic E-state index is 13.2. The lowest BCUT2D eigenvalue weighted by atomic mass is 10.2. The second-order valence-electron chi connectivity index (χ2n) is 3.91. The average molecular weight is 248 g/mol. The molecule has 94 valence electrons. The van der Waals surface area contributed by atoms with Crippen LogP contribution in [0, 0.1) is 12.7 Å². The number of halogens is 1. The molecule has 0 aliphatic carbocycles. The van der Waals surface area contributed by atoms with Crippen molar-refractivity contribution in [2.24, 2.45) is 5.73 Å². The number of nitrogens with one attached hydrogen (secondary N) is 1. The molecule has 0 saturated heterocycles. The van der Waals surface area contributed by atoms with Gasteiger partial charge in [-0.3, -0.25) is 4.79 Å². The summed E-state index contributed by atoms with van der Waals surface area (Å²) in [4.78, 5) is 11.8. The molecule has 3 N–H and O–H groups in total. The van der Waals surface area contributed by atoms with Crippen molar-refractivity contribution in [3.8, 4) is 0 Å². The Kier molecular flexibility index (Phi) is 3.43. The van der Waals surface area contributed by atoms with Gasteiger partial charge in [0, 0.05) is 17.8 Å². The van der Waals surface area contributed by atoms with E-state index in [9.17, 15) is 9.18 Å². The summed E-state index contributed by atoms with van der Waals surface area (Å²) in [5, 5.41) is 2.65. The highest BCUT2D eigenvalue weighted by Gasteiger charge is 2.10. The number of aryl methyl sites for hydroxylation is 1. The van der Waals surface area contributed by atoms with E-state index in [4.69, 9.17) is 10.2 Å². The van der Waals surface area contributed by atoms with Gasteiger partial charge in [0.25, 0.3) is 5.91 Å². The summed E-state index contributed by atoms with van der Waals surface area (Å²) in [5.41, 5.74) is 6.68. The molecule has 1 amide bonds. The van der Waals surface area contributed by atoms with Crippen molar-refractivity contribution < 1.29 is 13.6 Å². The molecule has 1 aromatic heterocycles. The van der Waals surface area contributed by atoms with Gasteiger partial charge >= 0.3 is 0 Å². The highest BCUT2D eigenvalue weighted by molar-refractivity contribution is 6.04. The number of benzene rings is 1. The fourth-order valence-corrected chi connectivity index (χ4v) is 1.57. The Bertz CT molecular complexity index is 578. The number of anilines is 1. The van der Waals surface area contributed by atoms with Crippen LogP contribution in [0.2, 0.25) is 0 Å². The molecule has 0 radical (unpaired) electrons. The summed E-state index contributed by atoms with van der Waals surface area (Å²) < 4.78 is 18.3. The van der Waals surface area contributed by atoms with E-state index in [1.54, 1.807) is 13.0 Å². The number of hydrogen-bond donors (Lipinski definition) is 2. The van der Waals surface area contributed by atoms with Gasteiger partial charge in [-0.25, -0.2) is 4.39 Å². The fraction of sp³-hybridized carbons (Fsp3) is 0.154. The Labute approximate surface area is 104 Å². The van der Waals surface area contributed by atoms with Gasteiger partial charge in [-0.1, -0.05) is 0 Å². The van der Waals surface area contributed by atoms with Crippen LogP contribution >= 0.6 is 0 Å². The van der Waals surface area contributed by atoms with Gasteiger partial charge in [-0.15, -0.1) is 0 Å². The molecule has 2 rings (SSSR count). The Morgan fingerprint density at radius 2 is 2.22 bits per heavy atom. The van der Waals surface area contributed by atoms with Crippen molar-refractivity contribution in [3.63, 3.8) is 0 Å². The third-order valence-electron chi connectivity index (χ3n) is 2.52. The lowest BCUT2D eigenvalue weighted by Crippen LogP contribution is -2.11. The highest BCUT2D eigenvalue weighted by atomic mass is 19.1. The molecule has 0 aliphatic rings. The molecule has 0 fully saturated rings. The lowest BCUT2D eigenvalue weighted by Gasteiger charge is -2.06. The number of nitrogens with two attached hydrogens (primary N) is 1. The summed E-state index contributed by atoms with van der Waals surface area (Å²) in [6.07, 6.45) is 1.37. The summed E-state index contributed by atoms with van der Waals surface area (Å²) in [6.45, 7) is 1.83. The molecule has 2 aromatic rings. The van der Waals surface area contributed by atoms with Crippen molar-refractivity contribution >= 4 is 11.6 Å². The largest absolute Gasteiger partial charge is 0.469 e. The van der Waals surface area contributed by atoms with Gasteiger partial charge in [-0.05, 0) is 31.2 Å². The van der Waals surface area contributed by atoms with Crippen LogP contribution in [0.4, 0.5) is 10.1 Å². The minimum Gasteiger partial charge on any atom is -0.469 e. The molecule has 4 nitrogen and oxygen atoms in total. The molecule has 0 aliphatic heterocycles. The molecule has 0 saturated carbocycles. The maximum atomic E-state index is 13.2. The molecule has 0 unspecified atom stereocenters. The first-order valence-electron chi connectivity index (χ1n) is 5.45. The van der Waals surface area contributed by atoms with E-state index in [2.05, 4.69) is 5.32 Å². The van der Waals surface area contributed by atoms with E-state index in [0.29, 0.717) is 22.6 Å². The van der Waals surface area contributed by atoms with E-state index in [1.165, 1.54) is 24.5 Å². The maximum Gasteiger partial charge on any atom is 0.258 e. The van der Waals surface area contributed by atoms with Crippen LogP contribution in [-0.4, -0.2) is 5.91 Å². The topological polar surface area (TPSA) is 68.3 Å². The van der Waals surface area contributed by atoms with Crippen molar-refractivity contribution in [1.29, 1.82) is 0 Å². The van der Waals surface area contributed by atoms with E-state index in [1.807, 2.05) is 0 Å². The van der Waals surface area contributed by atoms with Gasteiger partial charge < -0.3 is 15.5 Å². The van der Waals surface area contributed by atoms with E-state index >= 15 is 0 Å². The third kappa shape index (κ3) is 2.57. The quantitative estimate of drug-likeness (QED) is 0.876. The number of carbonyl (C=O) groups excluding carboxylic acids is 1. The zero-order chi connectivity index (χ0) is 13.1. The average Bonchev–Trinajstić information content (AvgIpc) is 2.78. The zero-order valence-corrected chi connectivity index (χ0v) is 9.87. The standard InChI is InChI=1S/C13H13FN2O2/c1-8-4-10(7-18-8)13(17)16-11-2-3-12(14)9(5-11)6-15/h2-5,7H,6,15H2,1H3,(H,16,17). The lowest BCUT2D eigenvalue weighted by molar-refractivity contribution is 0.102. The second kappa shape index (κ2) is 5.01. The monoisotopic (exact) mass is 248 g/mol. The van der Waals surface area contributed by atoms with Crippen molar-refractivity contribution in [3.05, 3.63) is 53.2 Å². The van der Waals surface area contributed by atoms with Crippen LogP contribution in [0.5, 0.6) is 0 Å². The second-order valence-corrected chi connectivity index (χ2v) is 3.91. The van der Waals surface area contributed by atoms with Crippen LogP contribution in [0.1, 0.15) is 21.7 Å². The van der Waals surface area contributed by atoms with Gasteiger partial charge in [0.15, 0.2) is 0 Å². The van der Waals surface area contributed by atoms with Gasteiger partial charge in [0.1, 0.15) is 17.8 Å². The predicted octanol–water partition coefficient (Wildman–Crippen LogP) is 2.44. The normalized spacial score (nSPS) is 10.4. The van der Waals surface area contributed by atoms with Gasteiger partial charge in [-0.2, -0.15) is 0 Å². The molecule has 1 aromatic carbocycles. The number of rotatable bonds is 3. The van der Waals surface area contributed by atoms with Crippen LogP contribution < -0.4 is 11.1 Å². The van der Waals surface area contributed by atoms with Crippen LogP contribution in [0.25, 0.3) is 0 Å². The van der Waals surface area contributed by atoms with E-state index in [0.717, 1.165) is 0 Å². The minimum atomic E-state index is -0.380. The molecule has 0 spiro atoms. The van der Waals surface area contributed by atoms with Gasteiger partial charge in [0.2, 0.25) is 0 Å². The summed E-state index contributed by atoms with van der Waals surface area (Å²) in [7, 11) is 0. The first-order valence-corrected chi connectivity index (χ1v) is 5.45. The molecule has 0 bridgehead atoms. The minimum absolute atomic E-state index is 0.0837. The molecule has 18 heavy (non-hydrogen) atoms. The van der Waals surface area contributed by atoms with Crippen molar-refractivity contribution in [2.45, 2.75) is 13.5 Å². The van der Waals surface area contributed by atoms with Crippen LogP contribution in [-0.2, 0) is 6.54 Å². The van der Waals surface area contributed by atoms with Crippen molar-refractivity contribution in [2.75, 3.05) is 5.32 Å². The Morgan fingerprint density at radius 1 is 1.44 bits per heavy atom. The number of amides is 1. The summed E-state index contributed by atoms with van der Waals surface area (Å²) in [6, 6.07) is 5.90. The first-order chi connectivity index (χ1) is 8.60.